The van der Waals surface area contributed by atoms with Crippen LogP contribution < -0.4 is 21.3 Å². The van der Waals surface area contributed by atoms with E-state index in [1.165, 1.54) is 0 Å². The van der Waals surface area contributed by atoms with Gasteiger partial charge in [-0.1, -0.05) is 24.3 Å². The van der Waals surface area contributed by atoms with Crippen molar-refractivity contribution in [1.82, 2.24) is 10.6 Å². The molecule has 0 aliphatic rings. The molecule has 0 aliphatic carbocycles. The number of hydrogen-bond acceptors (Lipinski definition) is 4. The van der Waals surface area contributed by atoms with Crippen molar-refractivity contribution in [2.45, 2.75) is 13.5 Å². The van der Waals surface area contributed by atoms with Gasteiger partial charge in [-0.2, -0.15) is 0 Å². The maximum absolute atomic E-state index is 12.1. The van der Waals surface area contributed by atoms with Crippen LogP contribution in [-0.2, 0) is 16.1 Å². The van der Waals surface area contributed by atoms with Crippen molar-refractivity contribution >= 4 is 35.7 Å². The molecule has 0 aliphatic heterocycles. The first kappa shape index (κ1) is 23.4. The highest BCUT2D eigenvalue weighted by molar-refractivity contribution is 5.99. The fraction of sp³-hybridized carbons (Fsp3) is 0.300. The summed E-state index contributed by atoms with van der Waals surface area (Å²) < 4.78 is 4.91. The van der Waals surface area contributed by atoms with E-state index in [-0.39, 0.29) is 30.9 Å². The van der Waals surface area contributed by atoms with Gasteiger partial charge in [0.1, 0.15) is 0 Å². The van der Waals surface area contributed by atoms with Crippen molar-refractivity contribution in [1.29, 1.82) is 0 Å². The topological polar surface area (TPSA) is 91.5 Å². The van der Waals surface area contributed by atoms with Gasteiger partial charge in [0, 0.05) is 31.6 Å². The molecule has 0 heterocycles. The summed E-state index contributed by atoms with van der Waals surface area (Å²) in [5, 5.41) is 11.4. The van der Waals surface area contributed by atoms with E-state index < -0.39 is 0 Å². The second-order valence-electron chi connectivity index (χ2n) is 6.10. The van der Waals surface area contributed by atoms with Gasteiger partial charge in [-0.25, -0.2) is 4.79 Å². The lowest BCUT2D eigenvalue weighted by Crippen LogP contribution is -2.34. The van der Waals surface area contributed by atoms with Gasteiger partial charge in [0.2, 0.25) is 5.91 Å². The summed E-state index contributed by atoms with van der Waals surface area (Å²) >= 11 is 0. The number of halogens is 1. The number of nitrogens with one attached hydrogen (secondary N) is 4. The van der Waals surface area contributed by atoms with Gasteiger partial charge < -0.3 is 26.0 Å². The molecule has 0 spiro atoms. The fourth-order valence-electron chi connectivity index (χ4n) is 2.41. The number of ether oxygens (including phenoxy) is 1. The molecule has 0 saturated carbocycles. The van der Waals surface area contributed by atoms with Crippen LogP contribution in [0.2, 0.25) is 0 Å². The monoisotopic (exact) mass is 406 g/mol. The standard InChI is InChI=1S/C20H26N4O3.ClH/c1-15-5-3-7-17(11-15)23-20(26)24-18-8-4-6-16(12-18)13-22-19(25)14-21-9-10-27-2;/h3-8,11-12,21H,9-10,13-14H2,1-2H3,(H,22,25)(H2,23,24,26);1H. The molecule has 4 N–H and O–H groups in total. The molecule has 152 valence electrons. The maximum atomic E-state index is 12.1. The van der Waals surface area contributed by atoms with Gasteiger partial charge in [0.05, 0.1) is 13.2 Å². The van der Waals surface area contributed by atoms with Crippen LogP contribution in [0.1, 0.15) is 11.1 Å². The van der Waals surface area contributed by atoms with E-state index in [9.17, 15) is 9.59 Å². The summed E-state index contributed by atoms with van der Waals surface area (Å²) in [6.45, 7) is 3.78. The molecule has 2 rings (SSSR count). The second-order valence-corrected chi connectivity index (χ2v) is 6.10. The highest BCUT2D eigenvalue weighted by Crippen LogP contribution is 2.13. The number of carbonyl (C=O) groups excluding carboxylic acids is 2. The molecule has 7 nitrogen and oxygen atoms in total. The molecule has 2 aromatic carbocycles. The largest absolute Gasteiger partial charge is 0.383 e. The molecule has 0 aromatic heterocycles. The Bertz CT molecular complexity index is 771. The van der Waals surface area contributed by atoms with E-state index in [1.54, 1.807) is 13.2 Å². The lowest BCUT2D eigenvalue weighted by molar-refractivity contribution is -0.120. The number of aryl methyl sites for hydroxylation is 1. The van der Waals surface area contributed by atoms with Gasteiger partial charge in [-0.05, 0) is 42.3 Å². The molecule has 0 radical (unpaired) electrons. The summed E-state index contributed by atoms with van der Waals surface area (Å²) in [5.74, 6) is -0.0957. The molecular formula is C20H27ClN4O3. The smallest absolute Gasteiger partial charge is 0.323 e. The molecule has 0 bridgehead atoms. The van der Waals surface area contributed by atoms with E-state index in [0.717, 1.165) is 16.8 Å². The van der Waals surface area contributed by atoms with Gasteiger partial charge >= 0.3 is 6.03 Å². The number of hydrogen-bond donors (Lipinski definition) is 4. The Morgan fingerprint density at radius 3 is 2.36 bits per heavy atom. The van der Waals surface area contributed by atoms with Gasteiger partial charge in [0.25, 0.3) is 0 Å². The Kier molecular flexibility index (Phi) is 10.6. The summed E-state index contributed by atoms with van der Waals surface area (Å²) in [6.07, 6.45) is 0. The minimum atomic E-state index is -0.316. The van der Waals surface area contributed by atoms with E-state index in [1.807, 2.05) is 49.4 Å². The molecule has 3 amide bonds. The third-order valence-corrected chi connectivity index (χ3v) is 3.72. The lowest BCUT2D eigenvalue weighted by Gasteiger charge is -2.10. The van der Waals surface area contributed by atoms with Crippen molar-refractivity contribution < 1.29 is 14.3 Å². The first-order valence-electron chi connectivity index (χ1n) is 8.77. The van der Waals surface area contributed by atoms with Crippen molar-refractivity contribution in [2.24, 2.45) is 0 Å². The van der Waals surface area contributed by atoms with Crippen LogP contribution in [0.4, 0.5) is 16.2 Å². The predicted octanol–water partition coefficient (Wildman–Crippen LogP) is 2.91. The van der Waals surface area contributed by atoms with Crippen LogP contribution >= 0.6 is 12.4 Å². The third-order valence-electron chi connectivity index (χ3n) is 3.72. The van der Waals surface area contributed by atoms with Crippen molar-refractivity contribution in [3.8, 4) is 0 Å². The Labute approximate surface area is 171 Å². The Hall–Kier alpha value is -2.61. The number of anilines is 2. The van der Waals surface area contributed by atoms with Crippen molar-refractivity contribution in [3.63, 3.8) is 0 Å². The predicted molar refractivity (Wildman–Crippen MR) is 114 cm³/mol. The lowest BCUT2D eigenvalue weighted by atomic mass is 10.2. The fourth-order valence-corrected chi connectivity index (χ4v) is 2.41. The molecule has 0 unspecified atom stereocenters. The van der Waals surface area contributed by atoms with Crippen molar-refractivity contribution in [2.75, 3.05) is 37.4 Å². The minimum Gasteiger partial charge on any atom is -0.383 e. The number of amides is 3. The Balaban J connectivity index is 0.00000392. The first-order valence-corrected chi connectivity index (χ1v) is 8.77. The van der Waals surface area contributed by atoms with Crippen LogP contribution in [0.5, 0.6) is 0 Å². The maximum Gasteiger partial charge on any atom is 0.323 e. The van der Waals surface area contributed by atoms with Crippen LogP contribution in [0, 0.1) is 6.92 Å². The molecule has 28 heavy (non-hydrogen) atoms. The zero-order valence-corrected chi connectivity index (χ0v) is 16.9. The minimum absolute atomic E-state index is 0. The molecule has 8 heteroatoms. The quantitative estimate of drug-likeness (QED) is 0.482. The zero-order chi connectivity index (χ0) is 19.5. The second kappa shape index (κ2) is 12.7. The number of benzene rings is 2. The summed E-state index contributed by atoms with van der Waals surface area (Å²) in [4.78, 5) is 23.9. The van der Waals surface area contributed by atoms with Gasteiger partial charge in [-0.3, -0.25) is 4.79 Å². The van der Waals surface area contributed by atoms with Gasteiger partial charge in [0.15, 0.2) is 0 Å². The van der Waals surface area contributed by atoms with Crippen molar-refractivity contribution in [3.05, 3.63) is 59.7 Å². The number of rotatable bonds is 9. The molecule has 0 fully saturated rings. The Morgan fingerprint density at radius 1 is 1.00 bits per heavy atom. The number of carbonyl (C=O) groups is 2. The first-order chi connectivity index (χ1) is 13.1. The van der Waals surface area contributed by atoms with Crippen LogP contribution in [0.15, 0.2) is 48.5 Å². The summed E-state index contributed by atoms with van der Waals surface area (Å²) in [6, 6.07) is 14.6. The number of urea groups is 1. The Morgan fingerprint density at radius 2 is 1.68 bits per heavy atom. The zero-order valence-electron chi connectivity index (χ0n) is 16.1. The highest BCUT2D eigenvalue weighted by atomic mass is 35.5. The highest BCUT2D eigenvalue weighted by Gasteiger charge is 2.05. The average molecular weight is 407 g/mol. The molecule has 2 aromatic rings. The SMILES string of the molecule is COCCNCC(=O)NCc1cccc(NC(=O)Nc2cccc(C)c2)c1.Cl. The van der Waals surface area contributed by atoms with E-state index >= 15 is 0 Å². The molecular weight excluding hydrogens is 380 g/mol. The van der Waals surface area contributed by atoms with Crippen LogP contribution in [0.25, 0.3) is 0 Å². The van der Waals surface area contributed by atoms with Crippen LogP contribution in [0.3, 0.4) is 0 Å². The summed E-state index contributed by atoms with van der Waals surface area (Å²) in [5.41, 5.74) is 3.36. The van der Waals surface area contributed by atoms with E-state index in [4.69, 9.17) is 4.74 Å². The van der Waals surface area contributed by atoms with Gasteiger partial charge in [-0.15, -0.1) is 12.4 Å². The number of methoxy groups -OCH3 is 1. The average Bonchev–Trinajstić information content (AvgIpc) is 2.64. The van der Waals surface area contributed by atoms with Crippen LogP contribution in [-0.4, -0.2) is 38.7 Å². The van der Waals surface area contributed by atoms with E-state index in [2.05, 4.69) is 21.3 Å². The normalized spacial score (nSPS) is 9.93. The third kappa shape index (κ3) is 8.85. The molecule has 0 atom stereocenters. The molecule has 0 saturated heterocycles. The summed E-state index contributed by atoms with van der Waals surface area (Å²) in [7, 11) is 1.62. The van der Waals surface area contributed by atoms with E-state index in [0.29, 0.717) is 25.4 Å².